The van der Waals surface area contributed by atoms with Crippen LogP contribution in [0.5, 0.6) is 0 Å². The second-order valence-corrected chi connectivity index (χ2v) is 15.3. The Morgan fingerprint density at radius 3 is 1.18 bits per heavy atom. The van der Waals surface area contributed by atoms with Gasteiger partial charge in [0.15, 0.2) is 0 Å². The topological polar surface area (TPSA) is 40.6 Å². The number of amides is 2. The first kappa shape index (κ1) is 32.0. The van der Waals surface area contributed by atoms with Crippen LogP contribution >= 0.6 is 0 Å². The van der Waals surface area contributed by atoms with Gasteiger partial charge in [0, 0.05) is 37.3 Å². The largest absolute Gasteiger partial charge is 0.312 e. The van der Waals surface area contributed by atoms with Gasteiger partial charge in [0.25, 0.3) is 0 Å². The fourth-order valence-electron chi connectivity index (χ4n) is 9.90. The molecule has 7 aromatic carbocycles. The van der Waals surface area contributed by atoms with Crippen molar-refractivity contribution in [1.29, 1.82) is 0 Å². The molecule has 2 amide bonds. The van der Waals surface area contributed by atoms with Gasteiger partial charge in [-0.3, -0.25) is 9.59 Å². The first-order valence-electron chi connectivity index (χ1n) is 19.5. The molecule has 2 fully saturated rings. The summed E-state index contributed by atoms with van der Waals surface area (Å²) in [5.41, 5.74) is 18.8. The number of carbonyl (C=O) groups excluding carboxylic acids is 2. The predicted molar refractivity (Wildman–Crippen MR) is 222 cm³/mol. The molecular weight excluding hydrogens is 673 g/mol. The molecule has 4 nitrogen and oxygen atoms in total. The van der Waals surface area contributed by atoms with E-state index in [9.17, 15) is 9.59 Å². The fraction of sp³-hybridized carbons (Fsp3) is 0.137. The van der Waals surface area contributed by atoms with Crippen molar-refractivity contribution in [3.05, 3.63) is 180 Å². The second kappa shape index (κ2) is 12.3. The van der Waals surface area contributed by atoms with Crippen molar-refractivity contribution in [3.8, 4) is 55.6 Å². The zero-order chi connectivity index (χ0) is 36.7. The Kier molecular flexibility index (Phi) is 7.12. The van der Waals surface area contributed by atoms with Crippen molar-refractivity contribution in [1.82, 2.24) is 0 Å². The SMILES string of the molecule is O=C1CCCN1c1cc(-c2ccc(-c3ccc(-c4ccc5c(c4)C4(c6ccccc6-c6ccccc64)c4ccccc4-5)cc3)cc2)cc(N2CCCC2=O)c1. The fourth-order valence-corrected chi connectivity index (χ4v) is 9.90. The first-order valence-corrected chi connectivity index (χ1v) is 19.5. The molecule has 0 N–H and O–H groups in total. The van der Waals surface area contributed by atoms with E-state index in [-0.39, 0.29) is 17.2 Å². The van der Waals surface area contributed by atoms with Gasteiger partial charge in [-0.25, -0.2) is 0 Å². The van der Waals surface area contributed by atoms with Crippen molar-refractivity contribution in [2.45, 2.75) is 31.1 Å². The summed E-state index contributed by atoms with van der Waals surface area (Å²) in [6.07, 6.45) is 2.86. The lowest BCUT2D eigenvalue weighted by molar-refractivity contribution is -0.117. The van der Waals surface area contributed by atoms with E-state index < -0.39 is 0 Å². The number of nitrogens with zero attached hydrogens (tertiary/aromatic N) is 2. The molecular formula is C51H38N2O2. The van der Waals surface area contributed by atoms with Gasteiger partial charge in [-0.1, -0.05) is 133 Å². The van der Waals surface area contributed by atoms with E-state index in [1.54, 1.807) is 0 Å². The lowest BCUT2D eigenvalue weighted by Gasteiger charge is -2.30. The minimum atomic E-state index is -0.356. The van der Waals surface area contributed by atoms with Crippen molar-refractivity contribution >= 4 is 23.2 Å². The van der Waals surface area contributed by atoms with Gasteiger partial charge in [0.1, 0.15) is 0 Å². The zero-order valence-corrected chi connectivity index (χ0v) is 30.5. The highest BCUT2D eigenvalue weighted by molar-refractivity contribution is 6.00. The second-order valence-electron chi connectivity index (χ2n) is 15.3. The number of hydrogen-bond donors (Lipinski definition) is 0. The van der Waals surface area contributed by atoms with Gasteiger partial charge in [-0.05, 0) is 115 Å². The highest BCUT2D eigenvalue weighted by Crippen LogP contribution is 2.63. The molecule has 4 aliphatic rings. The number of fused-ring (bicyclic) bond motifs is 10. The molecule has 1 spiro atoms. The normalized spacial score (nSPS) is 16.1. The van der Waals surface area contributed by atoms with Crippen LogP contribution in [0.2, 0.25) is 0 Å². The van der Waals surface area contributed by atoms with E-state index >= 15 is 0 Å². The van der Waals surface area contributed by atoms with Crippen molar-refractivity contribution < 1.29 is 9.59 Å². The maximum atomic E-state index is 12.7. The average molecular weight is 711 g/mol. The highest BCUT2D eigenvalue weighted by Gasteiger charge is 2.51. The average Bonchev–Trinajstić information content (AvgIpc) is 4.02. The summed E-state index contributed by atoms with van der Waals surface area (Å²) in [7, 11) is 0. The summed E-state index contributed by atoms with van der Waals surface area (Å²) in [5, 5.41) is 0. The molecule has 2 heterocycles. The Balaban J connectivity index is 0.937. The maximum Gasteiger partial charge on any atom is 0.227 e. The Labute approximate surface area is 321 Å². The van der Waals surface area contributed by atoms with E-state index in [0.29, 0.717) is 25.9 Å². The van der Waals surface area contributed by atoms with Crippen LogP contribution in [0.25, 0.3) is 55.6 Å². The minimum Gasteiger partial charge on any atom is -0.312 e. The van der Waals surface area contributed by atoms with Crippen molar-refractivity contribution in [2.75, 3.05) is 22.9 Å². The van der Waals surface area contributed by atoms with Crippen LogP contribution in [0.4, 0.5) is 11.4 Å². The van der Waals surface area contributed by atoms with Crippen LogP contribution in [0.1, 0.15) is 47.9 Å². The summed E-state index contributed by atoms with van der Waals surface area (Å²) in [5.74, 6) is 0.293. The third-order valence-electron chi connectivity index (χ3n) is 12.4. The standard InChI is InChI=1S/C51H38N2O2/c54-49-15-7-27-52(49)39-29-38(30-40(32-39)53-28-8-16-50(53)55)36-23-19-34(20-24-36)33-17-21-35(22-18-33)37-25-26-44-43-11-3-6-14-47(43)51(48(44)31-37)45-12-4-1-9-41(45)42-10-2-5-13-46(42)51/h1-6,9-14,17-26,29-32H,7-8,15-16,27-28H2. The Bertz CT molecular complexity index is 2600. The molecule has 0 saturated carbocycles. The molecule has 2 aliphatic heterocycles. The van der Waals surface area contributed by atoms with E-state index in [1.165, 1.54) is 55.6 Å². The summed E-state index contributed by atoms with van der Waals surface area (Å²) in [4.78, 5) is 29.2. The van der Waals surface area contributed by atoms with Crippen LogP contribution in [-0.4, -0.2) is 24.9 Å². The molecule has 7 aromatic rings. The number of hydrogen-bond acceptors (Lipinski definition) is 2. The van der Waals surface area contributed by atoms with Gasteiger partial charge in [-0.15, -0.1) is 0 Å². The Morgan fingerprint density at radius 1 is 0.364 bits per heavy atom. The van der Waals surface area contributed by atoms with E-state index in [1.807, 2.05) is 15.9 Å². The summed E-state index contributed by atoms with van der Waals surface area (Å²) >= 11 is 0. The molecule has 264 valence electrons. The van der Waals surface area contributed by atoms with Crippen molar-refractivity contribution in [3.63, 3.8) is 0 Å². The van der Waals surface area contributed by atoms with Gasteiger partial charge >= 0.3 is 0 Å². The smallest absolute Gasteiger partial charge is 0.227 e. The minimum absolute atomic E-state index is 0.147. The van der Waals surface area contributed by atoms with Crippen LogP contribution in [0.15, 0.2) is 158 Å². The zero-order valence-electron chi connectivity index (χ0n) is 30.5. The van der Waals surface area contributed by atoms with Crippen LogP contribution in [0.3, 0.4) is 0 Å². The van der Waals surface area contributed by atoms with Gasteiger partial charge in [0.2, 0.25) is 11.8 Å². The van der Waals surface area contributed by atoms with Crippen LogP contribution < -0.4 is 9.80 Å². The summed E-state index contributed by atoms with van der Waals surface area (Å²) < 4.78 is 0. The lowest BCUT2D eigenvalue weighted by Crippen LogP contribution is -2.26. The van der Waals surface area contributed by atoms with Crippen molar-refractivity contribution in [2.24, 2.45) is 0 Å². The Hall–Kier alpha value is -6.52. The van der Waals surface area contributed by atoms with E-state index in [0.717, 1.165) is 46.5 Å². The molecule has 55 heavy (non-hydrogen) atoms. The molecule has 0 unspecified atom stereocenters. The third-order valence-corrected chi connectivity index (χ3v) is 12.4. The number of anilines is 2. The van der Waals surface area contributed by atoms with Crippen LogP contribution in [0, 0.1) is 0 Å². The predicted octanol–water partition coefficient (Wildman–Crippen LogP) is 11.3. The molecule has 2 aliphatic carbocycles. The molecule has 0 aromatic heterocycles. The highest BCUT2D eigenvalue weighted by atomic mass is 16.2. The lowest BCUT2D eigenvalue weighted by atomic mass is 9.70. The first-order chi connectivity index (χ1) is 27.1. The van der Waals surface area contributed by atoms with Gasteiger partial charge in [-0.2, -0.15) is 0 Å². The van der Waals surface area contributed by atoms with E-state index in [2.05, 4.69) is 152 Å². The van der Waals surface area contributed by atoms with E-state index in [4.69, 9.17) is 0 Å². The summed E-state index contributed by atoms with van der Waals surface area (Å²) in [6, 6.07) is 57.7. The quantitative estimate of drug-likeness (QED) is 0.178. The molecule has 0 bridgehead atoms. The van der Waals surface area contributed by atoms with Gasteiger partial charge in [0.05, 0.1) is 5.41 Å². The van der Waals surface area contributed by atoms with Crippen LogP contribution in [-0.2, 0) is 15.0 Å². The molecule has 0 radical (unpaired) electrons. The maximum absolute atomic E-state index is 12.7. The number of carbonyl (C=O) groups is 2. The summed E-state index contributed by atoms with van der Waals surface area (Å²) in [6.45, 7) is 1.43. The Morgan fingerprint density at radius 2 is 0.745 bits per heavy atom. The molecule has 2 saturated heterocycles. The molecule has 4 heteroatoms. The molecule has 0 atom stereocenters. The monoisotopic (exact) mass is 710 g/mol. The van der Waals surface area contributed by atoms with Gasteiger partial charge < -0.3 is 9.80 Å². The number of rotatable bonds is 5. The third kappa shape index (κ3) is 4.77. The number of benzene rings is 7. The molecule has 11 rings (SSSR count).